The van der Waals surface area contributed by atoms with E-state index in [2.05, 4.69) is 5.32 Å². The molecule has 0 heterocycles. The van der Waals surface area contributed by atoms with Crippen molar-refractivity contribution >= 4 is 28.8 Å². The second kappa shape index (κ2) is 5.19. The van der Waals surface area contributed by atoms with Crippen molar-refractivity contribution in [1.82, 2.24) is 0 Å². The van der Waals surface area contributed by atoms with E-state index in [1.165, 1.54) is 19.1 Å². The highest BCUT2D eigenvalue weighted by atomic mass is 35.5. The first-order valence-corrected chi connectivity index (χ1v) is 5.77. The number of ketones is 1. The molecule has 18 heavy (non-hydrogen) atoms. The molecule has 0 aliphatic heterocycles. The van der Waals surface area contributed by atoms with Gasteiger partial charge in [-0.1, -0.05) is 11.6 Å². The number of carbonyl (C=O) groups excluding carboxylic acids is 1. The number of hydrogen-bond donors (Lipinski definition) is 1. The van der Waals surface area contributed by atoms with Gasteiger partial charge in [0.25, 0.3) is 0 Å². The summed E-state index contributed by atoms with van der Waals surface area (Å²) in [6.45, 7) is 1.49. The quantitative estimate of drug-likeness (QED) is 0.830. The smallest absolute Gasteiger partial charge is 0.159 e. The molecule has 2 aromatic rings. The van der Waals surface area contributed by atoms with Crippen molar-refractivity contribution in [1.29, 1.82) is 0 Å². The topological polar surface area (TPSA) is 29.1 Å². The lowest BCUT2D eigenvalue weighted by Gasteiger charge is -2.09. The number of Topliss-reactive ketones (excluding diaryl/α,β-unsaturated/α-hetero) is 1. The SMILES string of the molecule is CC(=O)c1ccc(Cl)c(Nc2ccc(F)cc2)c1. The molecule has 2 rings (SSSR count). The molecule has 2 aromatic carbocycles. The van der Waals surface area contributed by atoms with Crippen molar-refractivity contribution in [2.45, 2.75) is 6.92 Å². The van der Waals surface area contributed by atoms with Crippen LogP contribution in [0.5, 0.6) is 0 Å². The molecule has 0 fully saturated rings. The summed E-state index contributed by atoms with van der Waals surface area (Å²) < 4.78 is 12.8. The van der Waals surface area contributed by atoms with E-state index in [-0.39, 0.29) is 11.6 Å². The summed E-state index contributed by atoms with van der Waals surface area (Å²) in [6, 6.07) is 10.9. The van der Waals surface area contributed by atoms with Crippen LogP contribution in [0.3, 0.4) is 0 Å². The van der Waals surface area contributed by atoms with Crippen LogP contribution in [0.2, 0.25) is 5.02 Å². The van der Waals surface area contributed by atoms with Crippen LogP contribution in [0.4, 0.5) is 15.8 Å². The van der Waals surface area contributed by atoms with Crippen LogP contribution in [0.25, 0.3) is 0 Å². The predicted octanol–water partition coefficient (Wildman–Crippen LogP) is 4.43. The maximum absolute atomic E-state index is 12.8. The Morgan fingerprint density at radius 1 is 1.17 bits per heavy atom. The molecule has 0 aromatic heterocycles. The summed E-state index contributed by atoms with van der Waals surface area (Å²) >= 11 is 6.03. The minimum atomic E-state index is -0.302. The Hall–Kier alpha value is -1.87. The highest BCUT2D eigenvalue weighted by Gasteiger charge is 2.05. The summed E-state index contributed by atoms with van der Waals surface area (Å²) in [5, 5.41) is 3.55. The molecule has 2 nitrogen and oxygen atoms in total. The minimum Gasteiger partial charge on any atom is -0.354 e. The first-order chi connectivity index (χ1) is 8.56. The van der Waals surface area contributed by atoms with Crippen molar-refractivity contribution in [3.63, 3.8) is 0 Å². The third-order valence-electron chi connectivity index (χ3n) is 2.50. The fourth-order valence-corrected chi connectivity index (χ4v) is 1.69. The Morgan fingerprint density at radius 2 is 1.83 bits per heavy atom. The molecule has 0 bridgehead atoms. The second-order valence-electron chi connectivity index (χ2n) is 3.88. The Morgan fingerprint density at radius 3 is 2.44 bits per heavy atom. The normalized spacial score (nSPS) is 10.2. The molecule has 4 heteroatoms. The van der Waals surface area contributed by atoms with E-state index in [9.17, 15) is 9.18 Å². The van der Waals surface area contributed by atoms with E-state index in [1.807, 2.05) is 0 Å². The van der Waals surface area contributed by atoms with Gasteiger partial charge in [-0.3, -0.25) is 4.79 Å². The number of anilines is 2. The molecular formula is C14H11ClFNO. The molecule has 0 spiro atoms. The lowest BCUT2D eigenvalue weighted by molar-refractivity contribution is 0.101. The molecule has 0 saturated heterocycles. The Balaban J connectivity index is 2.30. The van der Waals surface area contributed by atoms with Gasteiger partial charge in [-0.15, -0.1) is 0 Å². The highest BCUT2D eigenvalue weighted by Crippen LogP contribution is 2.26. The van der Waals surface area contributed by atoms with Gasteiger partial charge in [0.05, 0.1) is 10.7 Å². The summed E-state index contributed by atoms with van der Waals surface area (Å²) in [7, 11) is 0. The van der Waals surface area contributed by atoms with Gasteiger partial charge in [-0.25, -0.2) is 4.39 Å². The highest BCUT2D eigenvalue weighted by molar-refractivity contribution is 6.33. The largest absolute Gasteiger partial charge is 0.354 e. The molecule has 0 aliphatic carbocycles. The van der Waals surface area contributed by atoms with E-state index in [4.69, 9.17) is 11.6 Å². The van der Waals surface area contributed by atoms with E-state index < -0.39 is 0 Å². The average molecular weight is 264 g/mol. The molecule has 0 radical (unpaired) electrons. The second-order valence-corrected chi connectivity index (χ2v) is 4.29. The van der Waals surface area contributed by atoms with E-state index >= 15 is 0 Å². The van der Waals surface area contributed by atoms with Crippen LogP contribution < -0.4 is 5.32 Å². The molecule has 0 atom stereocenters. The van der Waals surface area contributed by atoms with Crippen molar-refractivity contribution in [2.75, 3.05) is 5.32 Å². The molecule has 92 valence electrons. The predicted molar refractivity (Wildman–Crippen MR) is 71.1 cm³/mol. The van der Waals surface area contributed by atoms with Gasteiger partial charge < -0.3 is 5.32 Å². The first kappa shape index (κ1) is 12.6. The molecule has 0 amide bonds. The number of rotatable bonds is 3. The van der Waals surface area contributed by atoms with Crippen molar-refractivity contribution in [3.05, 3.63) is 58.9 Å². The summed E-state index contributed by atoms with van der Waals surface area (Å²) in [5.74, 6) is -0.335. The summed E-state index contributed by atoms with van der Waals surface area (Å²) in [4.78, 5) is 11.3. The zero-order chi connectivity index (χ0) is 13.1. The van der Waals surface area contributed by atoms with Crippen LogP contribution in [0, 0.1) is 5.82 Å². The van der Waals surface area contributed by atoms with E-state index in [1.54, 1.807) is 30.3 Å². The third-order valence-corrected chi connectivity index (χ3v) is 2.83. The molecule has 0 saturated carbocycles. The molecule has 0 unspecified atom stereocenters. The third kappa shape index (κ3) is 2.87. The Kier molecular flexibility index (Phi) is 3.63. The molecular weight excluding hydrogens is 253 g/mol. The fraction of sp³-hybridized carbons (Fsp3) is 0.0714. The lowest BCUT2D eigenvalue weighted by Crippen LogP contribution is -1.96. The maximum Gasteiger partial charge on any atom is 0.159 e. The van der Waals surface area contributed by atoms with Crippen LogP contribution in [0.15, 0.2) is 42.5 Å². The minimum absolute atomic E-state index is 0.0335. The number of nitrogens with one attached hydrogen (secondary N) is 1. The van der Waals surface area contributed by atoms with E-state index in [0.717, 1.165) is 0 Å². The average Bonchev–Trinajstić information content (AvgIpc) is 2.34. The van der Waals surface area contributed by atoms with Gasteiger partial charge in [0.1, 0.15) is 5.82 Å². The van der Waals surface area contributed by atoms with Crippen LogP contribution in [-0.4, -0.2) is 5.78 Å². The molecule has 1 N–H and O–H groups in total. The van der Waals surface area contributed by atoms with Crippen molar-refractivity contribution in [2.24, 2.45) is 0 Å². The monoisotopic (exact) mass is 263 g/mol. The van der Waals surface area contributed by atoms with Crippen molar-refractivity contribution in [3.8, 4) is 0 Å². The van der Waals surface area contributed by atoms with Gasteiger partial charge in [-0.2, -0.15) is 0 Å². The van der Waals surface area contributed by atoms with Crippen LogP contribution in [-0.2, 0) is 0 Å². The zero-order valence-corrected chi connectivity index (χ0v) is 10.5. The maximum atomic E-state index is 12.8. The number of carbonyl (C=O) groups is 1. The van der Waals surface area contributed by atoms with Gasteiger partial charge in [0, 0.05) is 11.3 Å². The first-order valence-electron chi connectivity index (χ1n) is 5.39. The van der Waals surface area contributed by atoms with Crippen LogP contribution in [0.1, 0.15) is 17.3 Å². The van der Waals surface area contributed by atoms with E-state index in [0.29, 0.717) is 22.0 Å². The molecule has 0 aliphatic rings. The van der Waals surface area contributed by atoms with Gasteiger partial charge >= 0.3 is 0 Å². The standard InChI is InChI=1S/C14H11ClFNO/c1-9(18)10-2-7-13(15)14(8-10)17-12-5-3-11(16)4-6-12/h2-8,17H,1H3. The van der Waals surface area contributed by atoms with Gasteiger partial charge in [-0.05, 0) is 49.4 Å². The summed E-state index contributed by atoms with van der Waals surface area (Å²) in [6.07, 6.45) is 0. The zero-order valence-electron chi connectivity index (χ0n) is 9.71. The van der Waals surface area contributed by atoms with Gasteiger partial charge in [0.15, 0.2) is 5.78 Å². The number of hydrogen-bond acceptors (Lipinski definition) is 2. The summed E-state index contributed by atoms with van der Waals surface area (Å²) in [5.41, 5.74) is 1.90. The Labute approximate surface area is 109 Å². The number of benzene rings is 2. The number of halogens is 2. The lowest BCUT2D eigenvalue weighted by atomic mass is 10.1. The van der Waals surface area contributed by atoms with Crippen LogP contribution >= 0.6 is 11.6 Å². The van der Waals surface area contributed by atoms with Crippen molar-refractivity contribution < 1.29 is 9.18 Å². The fourth-order valence-electron chi connectivity index (χ4n) is 1.53. The Bertz CT molecular complexity index is 581. The van der Waals surface area contributed by atoms with Gasteiger partial charge in [0.2, 0.25) is 0 Å².